The molecule has 0 aliphatic heterocycles. The molecule has 0 aliphatic rings. The summed E-state index contributed by atoms with van der Waals surface area (Å²) in [6, 6.07) is 9.77. The molecule has 0 heterocycles. The number of aliphatic hydroxyl groups excluding tert-OH is 1. The Labute approximate surface area is 210 Å². The number of rotatable bonds is 13. The molecule has 0 bridgehead atoms. The Hall–Kier alpha value is -3.21. The summed E-state index contributed by atoms with van der Waals surface area (Å²) in [6.07, 6.45) is -10.6. The number of aliphatic hydroxyl groups is 1. The highest BCUT2D eigenvalue weighted by Gasteiger charge is 2.30. The van der Waals surface area contributed by atoms with Gasteiger partial charge in [0.1, 0.15) is 30.0 Å². The van der Waals surface area contributed by atoms with Gasteiger partial charge in [0.05, 0.1) is 18.1 Å². The molecular weight excluding hydrogens is 506 g/mol. The molecule has 2 aromatic rings. The van der Waals surface area contributed by atoms with Crippen LogP contribution in [0.15, 0.2) is 60.4 Å². The van der Waals surface area contributed by atoms with Gasteiger partial charge in [0.25, 0.3) is 0 Å². The number of ketones is 1. The molecule has 2 rings (SSSR count). The van der Waals surface area contributed by atoms with Crippen LogP contribution in [0.3, 0.4) is 0 Å². The highest BCUT2D eigenvalue weighted by Crippen LogP contribution is 2.32. The van der Waals surface area contributed by atoms with Crippen LogP contribution in [-0.2, 0) is 15.7 Å². The summed E-state index contributed by atoms with van der Waals surface area (Å²) in [7, 11) is 0. The molecule has 0 aliphatic carbocycles. The average molecular weight is 534 g/mol. The molecule has 0 fully saturated rings. The molecule has 1 unspecified atom stereocenters. The number of benzene rings is 2. The first-order chi connectivity index (χ1) is 17.3. The molecule has 11 heteroatoms. The van der Waals surface area contributed by atoms with Crippen molar-refractivity contribution >= 4 is 5.78 Å². The van der Waals surface area contributed by atoms with Crippen LogP contribution in [0.2, 0.25) is 0 Å². The number of phenolic OH excluding ortho intramolecular Hbond substituents is 1. The van der Waals surface area contributed by atoms with Crippen LogP contribution in [-0.4, -0.2) is 34.9 Å². The first-order valence-electron chi connectivity index (χ1n) is 11.5. The van der Waals surface area contributed by atoms with Crippen molar-refractivity contribution in [2.24, 2.45) is 0 Å². The van der Waals surface area contributed by atoms with Crippen LogP contribution >= 0.6 is 0 Å². The Morgan fingerprint density at radius 1 is 1.03 bits per heavy atom. The van der Waals surface area contributed by atoms with Gasteiger partial charge in [-0.15, -0.1) is 0 Å². The SMILES string of the molecule is CCC(CCCC(=O)CO/C(=C/CC(F)(F)F)[C@H](O)c1ccccc1O)Oc1ccc(C(F)(F)F)cc1. The number of alkyl halides is 6. The number of Topliss-reactive ketones (excluding diaryl/α,β-unsaturated/α-hetero) is 1. The quantitative estimate of drug-likeness (QED) is 0.216. The zero-order valence-electron chi connectivity index (χ0n) is 20.0. The predicted octanol–water partition coefficient (Wildman–Crippen LogP) is 6.89. The molecule has 2 aromatic carbocycles. The normalized spacial score (nSPS) is 14.2. The van der Waals surface area contributed by atoms with Crippen molar-refractivity contribution < 1.29 is 50.8 Å². The van der Waals surface area contributed by atoms with Crippen molar-refractivity contribution in [3.05, 3.63) is 71.5 Å². The van der Waals surface area contributed by atoms with E-state index in [2.05, 4.69) is 0 Å². The Morgan fingerprint density at radius 3 is 2.24 bits per heavy atom. The summed E-state index contributed by atoms with van der Waals surface area (Å²) in [5.74, 6) is -1.04. The van der Waals surface area contributed by atoms with Crippen molar-refractivity contribution in [3.8, 4) is 11.5 Å². The second-order valence-electron chi connectivity index (χ2n) is 8.28. The Morgan fingerprint density at radius 2 is 1.68 bits per heavy atom. The molecular formula is C26H28F6O5. The van der Waals surface area contributed by atoms with Gasteiger partial charge in [0.15, 0.2) is 5.78 Å². The summed E-state index contributed by atoms with van der Waals surface area (Å²) >= 11 is 0. The minimum atomic E-state index is -4.57. The van der Waals surface area contributed by atoms with E-state index < -0.39 is 48.6 Å². The van der Waals surface area contributed by atoms with Crippen LogP contribution in [0.5, 0.6) is 11.5 Å². The zero-order chi connectivity index (χ0) is 27.6. The first kappa shape index (κ1) is 30.0. The fourth-order valence-corrected chi connectivity index (χ4v) is 3.36. The lowest BCUT2D eigenvalue weighted by Crippen LogP contribution is -2.17. The van der Waals surface area contributed by atoms with Crippen molar-refractivity contribution in [2.75, 3.05) is 6.61 Å². The van der Waals surface area contributed by atoms with Gasteiger partial charge < -0.3 is 19.7 Å². The predicted molar refractivity (Wildman–Crippen MR) is 123 cm³/mol. The maximum absolute atomic E-state index is 12.7. The lowest BCUT2D eigenvalue weighted by atomic mass is 10.1. The minimum Gasteiger partial charge on any atom is -0.508 e. The third-order valence-electron chi connectivity index (χ3n) is 5.36. The van der Waals surface area contributed by atoms with E-state index in [1.54, 1.807) is 0 Å². The number of hydrogen-bond acceptors (Lipinski definition) is 5. The van der Waals surface area contributed by atoms with Crippen molar-refractivity contribution in [3.63, 3.8) is 0 Å². The van der Waals surface area contributed by atoms with E-state index in [-0.39, 0.29) is 29.6 Å². The van der Waals surface area contributed by atoms with Crippen LogP contribution in [0, 0.1) is 0 Å². The molecule has 0 amide bonds. The molecule has 0 radical (unpaired) electrons. The highest BCUT2D eigenvalue weighted by atomic mass is 19.4. The number of carbonyl (C=O) groups is 1. The number of phenols is 1. The van der Waals surface area contributed by atoms with Crippen LogP contribution in [0.4, 0.5) is 26.3 Å². The van der Waals surface area contributed by atoms with Crippen LogP contribution in [0.25, 0.3) is 0 Å². The number of hydrogen-bond donors (Lipinski definition) is 2. The summed E-state index contributed by atoms with van der Waals surface area (Å²) in [5.41, 5.74) is -0.871. The van der Waals surface area contributed by atoms with E-state index in [0.29, 0.717) is 25.3 Å². The molecule has 5 nitrogen and oxygen atoms in total. The zero-order valence-corrected chi connectivity index (χ0v) is 20.0. The van der Waals surface area contributed by atoms with E-state index in [0.717, 1.165) is 12.1 Å². The van der Waals surface area contributed by atoms with Gasteiger partial charge in [0, 0.05) is 12.0 Å². The molecule has 2 N–H and O–H groups in total. The van der Waals surface area contributed by atoms with Gasteiger partial charge in [-0.1, -0.05) is 25.1 Å². The Balaban J connectivity index is 1.90. The van der Waals surface area contributed by atoms with Gasteiger partial charge in [0.2, 0.25) is 0 Å². The summed E-state index contributed by atoms with van der Waals surface area (Å²) in [4.78, 5) is 12.3. The number of allylic oxidation sites excluding steroid dienone is 1. The number of carbonyl (C=O) groups excluding carboxylic acids is 1. The van der Waals surface area contributed by atoms with Crippen molar-refractivity contribution in [1.29, 1.82) is 0 Å². The third kappa shape index (κ3) is 10.4. The Kier molecular flexibility index (Phi) is 10.8. The lowest BCUT2D eigenvalue weighted by Gasteiger charge is -2.19. The summed E-state index contributed by atoms with van der Waals surface area (Å²) in [6.45, 7) is 1.22. The van der Waals surface area contributed by atoms with Gasteiger partial charge in [-0.3, -0.25) is 4.79 Å². The molecule has 204 valence electrons. The summed E-state index contributed by atoms with van der Waals surface area (Å²) in [5, 5.41) is 20.3. The van der Waals surface area contributed by atoms with Crippen LogP contribution < -0.4 is 4.74 Å². The fraction of sp³-hybridized carbons (Fsp3) is 0.423. The third-order valence-corrected chi connectivity index (χ3v) is 5.36. The van der Waals surface area contributed by atoms with E-state index in [1.807, 2.05) is 6.92 Å². The number of para-hydroxylation sites is 1. The van der Waals surface area contributed by atoms with E-state index in [9.17, 15) is 41.4 Å². The minimum absolute atomic E-state index is 0.00606. The van der Waals surface area contributed by atoms with E-state index >= 15 is 0 Å². The molecule has 0 saturated heterocycles. The second-order valence-corrected chi connectivity index (χ2v) is 8.28. The Bertz CT molecular complexity index is 1030. The van der Waals surface area contributed by atoms with Crippen molar-refractivity contribution in [2.45, 2.75) is 63.6 Å². The van der Waals surface area contributed by atoms with Gasteiger partial charge in [-0.05, 0) is 55.7 Å². The topological polar surface area (TPSA) is 76.0 Å². The summed E-state index contributed by atoms with van der Waals surface area (Å²) < 4.78 is 87.1. The first-order valence-corrected chi connectivity index (χ1v) is 11.5. The van der Waals surface area contributed by atoms with Gasteiger partial charge in [-0.25, -0.2) is 0 Å². The van der Waals surface area contributed by atoms with Gasteiger partial charge in [-0.2, -0.15) is 26.3 Å². The highest BCUT2D eigenvalue weighted by molar-refractivity contribution is 5.79. The largest absolute Gasteiger partial charge is 0.508 e. The number of aromatic hydroxyl groups is 1. The number of ether oxygens (including phenoxy) is 2. The molecule has 2 atom stereocenters. The monoisotopic (exact) mass is 534 g/mol. The second kappa shape index (κ2) is 13.4. The standard InChI is InChI=1S/C26H28F6O5/c1-2-19(37-20-12-10-17(11-13-20)26(30,31)32)7-5-6-18(33)16-36-23(14-15-25(27,28)29)24(35)21-8-3-4-9-22(21)34/h3-4,8-14,19,24,34-35H,2,5-7,15-16H2,1H3/b23-14+/t19?,24-/m1/s1. The van der Waals surface area contributed by atoms with E-state index in [4.69, 9.17) is 9.47 Å². The fourth-order valence-electron chi connectivity index (χ4n) is 3.36. The molecule has 0 saturated carbocycles. The molecule has 0 spiro atoms. The molecule has 37 heavy (non-hydrogen) atoms. The van der Waals surface area contributed by atoms with Crippen LogP contribution in [0.1, 0.15) is 56.3 Å². The number of halogens is 6. The molecule has 0 aromatic heterocycles. The van der Waals surface area contributed by atoms with E-state index in [1.165, 1.54) is 36.4 Å². The lowest BCUT2D eigenvalue weighted by molar-refractivity contribution is -0.137. The smallest absolute Gasteiger partial charge is 0.416 e. The van der Waals surface area contributed by atoms with Crippen molar-refractivity contribution in [1.82, 2.24) is 0 Å². The maximum atomic E-state index is 12.7. The maximum Gasteiger partial charge on any atom is 0.416 e. The average Bonchev–Trinajstić information content (AvgIpc) is 2.82. The van der Waals surface area contributed by atoms with Gasteiger partial charge >= 0.3 is 12.4 Å².